The lowest BCUT2D eigenvalue weighted by Gasteiger charge is -2.44. The smallest absolute Gasteiger partial charge is 0.246 e. The molecular weight excluding hydrogens is 440 g/mol. The van der Waals surface area contributed by atoms with Crippen LogP contribution in [0.15, 0.2) is 60.7 Å². The van der Waals surface area contributed by atoms with Gasteiger partial charge < -0.3 is 21.3 Å². The van der Waals surface area contributed by atoms with Gasteiger partial charge in [0.1, 0.15) is 12.1 Å². The van der Waals surface area contributed by atoms with Gasteiger partial charge in [-0.2, -0.15) is 0 Å². The van der Waals surface area contributed by atoms with Crippen LogP contribution < -0.4 is 16.4 Å². The molecule has 4 N–H and O–H groups in total. The Balaban J connectivity index is 1.50. The van der Waals surface area contributed by atoms with Crippen molar-refractivity contribution in [2.24, 2.45) is 11.7 Å². The summed E-state index contributed by atoms with van der Waals surface area (Å²) in [6, 6.07) is 17.5. The fourth-order valence-electron chi connectivity index (χ4n) is 5.12. The highest BCUT2D eigenvalue weighted by Gasteiger charge is 2.43. The Labute approximate surface area is 207 Å². The van der Waals surface area contributed by atoms with E-state index in [0.29, 0.717) is 13.0 Å². The Morgan fingerprint density at radius 1 is 0.857 bits per heavy atom. The van der Waals surface area contributed by atoms with Gasteiger partial charge in [0.2, 0.25) is 17.7 Å². The minimum absolute atomic E-state index is 0.0737. The van der Waals surface area contributed by atoms with E-state index in [1.807, 2.05) is 60.7 Å². The number of rotatable bonds is 8. The van der Waals surface area contributed by atoms with E-state index in [0.717, 1.165) is 43.2 Å². The van der Waals surface area contributed by atoms with Gasteiger partial charge >= 0.3 is 0 Å². The summed E-state index contributed by atoms with van der Waals surface area (Å²) < 4.78 is 0. The summed E-state index contributed by atoms with van der Waals surface area (Å²) in [5.74, 6) is -0.607. The third kappa shape index (κ3) is 5.90. The average molecular weight is 477 g/mol. The van der Waals surface area contributed by atoms with Gasteiger partial charge in [0.05, 0.1) is 12.1 Å². The van der Waals surface area contributed by atoms with Crippen LogP contribution in [0.5, 0.6) is 0 Å². The van der Waals surface area contributed by atoms with Gasteiger partial charge in [-0.15, -0.1) is 0 Å². The molecule has 1 saturated heterocycles. The van der Waals surface area contributed by atoms with Gasteiger partial charge in [0.15, 0.2) is 0 Å². The maximum atomic E-state index is 13.6. The lowest BCUT2D eigenvalue weighted by atomic mass is 9.82. The van der Waals surface area contributed by atoms with Crippen molar-refractivity contribution in [3.8, 4) is 0 Å². The third-order valence-corrected chi connectivity index (χ3v) is 7.26. The van der Waals surface area contributed by atoms with E-state index < -0.39 is 18.1 Å². The lowest BCUT2D eigenvalue weighted by Crippen LogP contribution is -2.64. The summed E-state index contributed by atoms with van der Waals surface area (Å²) in [6.07, 6.45) is 5.62. The van der Waals surface area contributed by atoms with E-state index in [1.165, 1.54) is 0 Å². The van der Waals surface area contributed by atoms with Gasteiger partial charge in [0.25, 0.3) is 0 Å². The number of nitrogens with two attached hydrogens (primary N) is 1. The first-order valence-electron chi connectivity index (χ1n) is 12.7. The normalized spacial score (nSPS) is 20.0. The van der Waals surface area contributed by atoms with Crippen LogP contribution in [0.4, 0.5) is 0 Å². The Bertz CT molecular complexity index is 966. The van der Waals surface area contributed by atoms with Gasteiger partial charge in [-0.3, -0.25) is 14.4 Å². The topological polar surface area (TPSA) is 105 Å². The molecule has 0 bridgehead atoms. The standard InChI is InChI=1S/C28H36N4O3/c1-19(29)26(33)31-25(22-15-9-4-10-16-22)28(35)32-18-17-23(32)27(34)30-24(20-11-5-2-6-12-20)21-13-7-3-8-14-21/h2-3,5-8,11-14,19,22-25H,4,9-10,15-18,29H2,1H3,(H,30,34)(H,31,33)/t19-,23-,25-/m0/s1. The number of amides is 3. The number of carbonyl (C=O) groups is 3. The Kier molecular flexibility index (Phi) is 8.18. The maximum absolute atomic E-state index is 13.6. The molecule has 0 spiro atoms. The molecule has 35 heavy (non-hydrogen) atoms. The molecule has 1 aliphatic heterocycles. The summed E-state index contributed by atoms with van der Waals surface area (Å²) in [5.41, 5.74) is 7.74. The SMILES string of the molecule is C[C@H](N)C(=O)N[C@H](C(=O)N1CC[C@H]1C(=O)NC(c1ccccc1)c1ccccc1)C1CCCCC1. The zero-order valence-electron chi connectivity index (χ0n) is 20.4. The second-order valence-corrected chi connectivity index (χ2v) is 9.77. The van der Waals surface area contributed by atoms with Gasteiger partial charge in [-0.25, -0.2) is 0 Å². The predicted octanol–water partition coefficient (Wildman–Crippen LogP) is 2.91. The van der Waals surface area contributed by atoms with E-state index in [4.69, 9.17) is 5.73 Å². The molecule has 2 aromatic rings. The van der Waals surface area contributed by atoms with E-state index in [2.05, 4.69) is 10.6 Å². The van der Waals surface area contributed by atoms with Crippen molar-refractivity contribution in [3.63, 3.8) is 0 Å². The summed E-state index contributed by atoms with van der Waals surface area (Å²) in [4.78, 5) is 41.1. The van der Waals surface area contributed by atoms with Crippen molar-refractivity contribution in [1.82, 2.24) is 15.5 Å². The first kappa shape index (κ1) is 24.9. The molecule has 1 saturated carbocycles. The average Bonchev–Trinajstić information content (AvgIpc) is 2.86. The molecule has 0 radical (unpaired) electrons. The van der Waals surface area contributed by atoms with Gasteiger partial charge in [0, 0.05) is 6.54 Å². The largest absolute Gasteiger partial charge is 0.343 e. The fourth-order valence-corrected chi connectivity index (χ4v) is 5.12. The van der Waals surface area contributed by atoms with Crippen molar-refractivity contribution < 1.29 is 14.4 Å². The molecule has 1 aliphatic carbocycles. The highest BCUT2D eigenvalue weighted by atomic mass is 16.2. The quantitative estimate of drug-likeness (QED) is 0.545. The molecule has 0 unspecified atom stereocenters. The molecule has 0 aromatic heterocycles. The summed E-state index contributed by atoms with van der Waals surface area (Å²) in [5, 5.41) is 6.07. The van der Waals surface area contributed by atoms with Crippen molar-refractivity contribution in [2.45, 2.75) is 69.6 Å². The predicted molar refractivity (Wildman–Crippen MR) is 135 cm³/mol. The summed E-state index contributed by atoms with van der Waals surface area (Å²) in [6.45, 7) is 2.13. The lowest BCUT2D eigenvalue weighted by molar-refractivity contribution is -0.151. The van der Waals surface area contributed by atoms with Crippen LogP contribution in [0.1, 0.15) is 62.6 Å². The minimum Gasteiger partial charge on any atom is -0.343 e. The number of hydrogen-bond acceptors (Lipinski definition) is 4. The number of likely N-dealkylation sites (tertiary alicyclic amines) is 1. The zero-order valence-corrected chi connectivity index (χ0v) is 20.4. The van der Waals surface area contributed by atoms with Gasteiger partial charge in [-0.05, 0) is 43.2 Å². The monoisotopic (exact) mass is 476 g/mol. The second kappa shape index (κ2) is 11.5. The molecule has 1 heterocycles. The number of carbonyl (C=O) groups excluding carboxylic acids is 3. The summed E-state index contributed by atoms with van der Waals surface area (Å²) >= 11 is 0. The van der Waals surface area contributed by atoms with Crippen molar-refractivity contribution in [3.05, 3.63) is 71.8 Å². The third-order valence-electron chi connectivity index (χ3n) is 7.26. The number of nitrogens with one attached hydrogen (secondary N) is 2. The van der Waals surface area contributed by atoms with Crippen molar-refractivity contribution in [2.75, 3.05) is 6.54 Å². The van der Waals surface area contributed by atoms with Crippen molar-refractivity contribution >= 4 is 17.7 Å². The first-order chi connectivity index (χ1) is 17.0. The molecule has 2 fully saturated rings. The molecule has 2 aliphatic rings. The first-order valence-corrected chi connectivity index (χ1v) is 12.7. The van der Waals surface area contributed by atoms with E-state index >= 15 is 0 Å². The molecule has 7 heteroatoms. The van der Waals surface area contributed by atoms with Crippen LogP contribution in [-0.2, 0) is 14.4 Å². The van der Waals surface area contributed by atoms with Crippen LogP contribution in [0.2, 0.25) is 0 Å². The van der Waals surface area contributed by atoms with Crippen LogP contribution in [0.3, 0.4) is 0 Å². The van der Waals surface area contributed by atoms with E-state index in [1.54, 1.807) is 11.8 Å². The fraction of sp³-hybridized carbons (Fsp3) is 0.464. The molecule has 186 valence electrons. The molecule has 7 nitrogen and oxygen atoms in total. The van der Waals surface area contributed by atoms with Crippen LogP contribution >= 0.6 is 0 Å². The van der Waals surface area contributed by atoms with Crippen molar-refractivity contribution in [1.29, 1.82) is 0 Å². The van der Waals surface area contributed by atoms with E-state index in [9.17, 15) is 14.4 Å². The molecule has 3 amide bonds. The summed E-state index contributed by atoms with van der Waals surface area (Å²) in [7, 11) is 0. The van der Waals surface area contributed by atoms with Crippen LogP contribution in [0, 0.1) is 5.92 Å². The number of benzene rings is 2. The molecule has 4 rings (SSSR count). The highest BCUT2D eigenvalue weighted by Crippen LogP contribution is 2.30. The molecular formula is C28H36N4O3. The molecule has 3 atom stereocenters. The Morgan fingerprint density at radius 3 is 1.91 bits per heavy atom. The Morgan fingerprint density at radius 2 is 1.43 bits per heavy atom. The van der Waals surface area contributed by atoms with Crippen LogP contribution in [-0.4, -0.2) is 47.3 Å². The molecule has 2 aromatic carbocycles. The number of hydrogen-bond donors (Lipinski definition) is 3. The highest BCUT2D eigenvalue weighted by molar-refractivity contribution is 5.94. The minimum atomic E-state index is -0.693. The van der Waals surface area contributed by atoms with Crippen LogP contribution in [0.25, 0.3) is 0 Å². The van der Waals surface area contributed by atoms with E-state index in [-0.39, 0.29) is 29.7 Å². The maximum Gasteiger partial charge on any atom is 0.246 e. The number of nitrogens with zero attached hydrogens (tertiary/aromatic N) is 1. The zero-order chi connectivity index (χ0) is 24.8. The Hall–Kier alpha value is -3.19. The van der Waals surface area contributed by atoms with Gasteiger partial charge in [-0.1, -0.05) is 79.9 Å². The second-order valence-electron chi connectivity index (χ2n) is 9.77.